The summed E-state index contributed by atoms with van der Waals surface area (Å²) in [5.74, 6) is 1.82. The lowest BCUT2D eigenvalue weighted by Crippen LogP contribution is -2.00. The van der Waals surface area contributed by atoms with Crippen LogP contribution < -0.4 is 0 Å². The lowest BCUT2D eigenvalue weighted by molar-refractivity contribution is 0.666. The Labute approximate surface area is 330 Å². The molecule has 0 N–H and O–H groups in total. The Morgan fingerprint density at radius 3 is 1.77 bits per heavy atom. The lowest BCUT2D eigenvalue weighted by atomic mass is 9.96. The van der Waals surface area contributed by atoms with E-state index in [9.17, 15) is 0 Å². The van der Waals surface area contributed by atoms with Crippen LogP contribution in [0.15, 0.2) is 186 Å². The van der Waals surface area contributed by atoms with Crippen molar-refractivity contribution in [1.29, 1.82) is 0 Å². The minimum atomic E-state index is 0.587. The highest BCUT2D eigenvalue weighted by Gasteiger charge is 2.25. The Kier molecular flexibility index (Phi) is 7.03. The average Bonchev–Trinajstić information content (AvgIpc) is 3.97. The third kappa shape index (κ3) is 4.91. The number of rotatable bonds is 5. The molecule has 4 aromatic heterocycles. The number of fused-ring (bicyclic) bond motifs is 10. The van der Waals surface area contributed by atoms with Crippen molar-refractivity contribution in [3.63, 3.8) is 0 Å². The number of hydrogen-bond donors (Lipinski definition) is 0. The van der Waals surface area contributed by atoms with Gasteiger partial charge >= 0.3 is 0 Å². The maximum absolute atomic E-state index is 7.11. The molecule has 0 radical (unpaired) electrons. The van der Waals surface area contributed by atoms with Gasteiger partial charge in [-0.3, -0.25) is 0 Å². The van der Waals surface area contributed by atoms with E-state index in [1.807, 2.05) is 78.1 Å². The van der Waals surface area contributed by atoms with Gasteiger partial charge in [0.05, 0.1) is 16.7 Å². The third-order valence-electron chi connectivity index (χ3n) is 11.1. The molecule has 6 heteroatoms. The summed E-state index contributed by atoms with van der Waals surface area (Å²) in [4.78, 5) is 15.3. The molecule has 5 nitrogen and oxygen atoms in total. The summed E-state index contributed by atoms with van der Waals surface area (Å²) < 4.78 is 12.1. The van der Waals surface area contributed by atoms with Crippen molar-refractivity contribution < 1.29 is 4.42 Å². The van der Waals surface area contributed by atoms with Gasteiger partial charge in [-0.2, -0.15) is 0 Å². The second-order valence-corrected chi connectivity index (χ2v) is 15.4. The number of thiophene rings is 1. The monoisotopic (exact) mass is 746 g/mol. The quantitative estimate of drug-likeness (QED) is 0.176. The molecule has 0 fully saturated rings. The van der Waals surface area contributed by atoms with Crippen LogP contribution in [0.2, 0.25) is 0 Å². The first kappa shape index (κ1) is 31.9. The van der Waals surface area contributed by atoms with E-state index in [-0.39, 0.29) is 0 Å². The predicted octanol–water partition coefficient (Wildman–Crippen LogP) is 13.9. The zero-order chi connectivity index (χ0) is 37.5. The Balaban J connectivity index is 1.19. The molecule has 57 heavy (non-hydrogen) atoms. The summed E-state index contributed by atoms with van der Waals surface area (Å²) in [6.45, 7) is 0. The van der Waals surface area contributed by atoms with E-state index in [0.717, 1.165) is 66.5 Å². The molecule has 0 amide bonds. The summed E-state index contributed by atoms with van der Waals surface area (Å²) in [5, 5.41) is 7.03. The molecule has 4 heterocycles. The summed E-state index contributed by atoms with van der Waals surface area (Å²) in [6.07, 6.45) is 0. The molecule has 0 atom stereocenters. The first-order valence-electron chi connectivity index (χ1n) is 19.0. The largest absolute Gasteiger partial charge is 0.454 e. The topological polar surface area (TPSA) is 56.7 Å². The van der Waals surface area contributed by atoms with Crippen LogP contribution in [0, 0.1) is 0 Å². The van der Waals surface area contributed by atoms with Crippen molar-refractivity contribution >= 4 is 75.3 Å². The van der Waals surface area contributed by atoms with Crippen molar-refractivity contribution in [3.05, 3.63) is 182 Å². The van der Waals surface area contributed by atoms with Crippen molar-refractivity contribution in [2.75, 3.05) is 0 Å². The van der Waals surface area contributed by atoms with Crippen molar-refractivity contribution in [1.82, 2.24) is 19.5 Å². The highest BCUT2D eigenvalue weighted by molar-refractivity contribution is 7.26. The van der Waals surface area contributed by atoms with E-state index >= 15 is 0 Å². The molecule has 0 bridgehead atoms. The molecular weight excluding hydrogens is 717 g/mol. The van der Waals surface area contributed by atoms with E-state index in [0.29, 0.717) is 17.5 Å². The van der Waals surface area contributed by atoms with Crippen LogP contribution in [0.25, 0.3) is 115 Å². The van der Waals surface area contributed by atoms with Crippen molar-refractivity contribution in [3.8, 4) is 51.0 Å². The number of furan rings is 1. The van der Waals surface area contributed by atoms with Crippen LogP contribution in [-0.2, 0) is 0 Å². The second kappa shape index (κ2) is 12.6. The number of aromatic nitrogens is 4. The lowest BCUT2D eigenvalue weighted by Gasteiger charge is -2.12. The molecule has 8 aromatic carbocycles. The minimum Gasteiger partial charge on any atom is -0.454 e. The normalized spacial score (nSPS) is 11.9. The van der Waals surface area contributed by atoms with Crippen molar-refractivity contribution in [2.24, 2.45) is 0 Å². The fourth-order valence-corrected chi connectivity index (χ4v) is 9.81. The first-order chi connectivity index (χ1) is 28.3. The van der Waals surface area contributed by atoms with Gasteiger partial charge in [-0.05, 0) is 41.5 Å². The molecule has 0 unspecified atom stereocenters. The van der Waals surface area contributed by atoms with Crippen LogP contribution in [0.5, 0.6) is 0 Å². The molecule has 0 spiro atoms. The van der Waals surface area contributed by atoms with Gasteiger partial charge in [0, 0.05) is 58.4 Å². The number of benzene rings is 8. The van der Waals surface area contributed by atoms with Gasteiger partial charge in [0.1, 0.15) is 5.58 Å². The van der Waals surface area contributed by atoms with Gasteiger partial charge in [0.15, 0.2) is 23.1 Å². The van der Waals surface area contributed by atoms with Gasteiger partial charge < -0.3 is 8.98 Å². The molecule has 0 aliphatic carbocycles. The van der Waals surface area contributed by atoms with E-state index < -0.39 is 0 Å². The highest BCUT2D eigenvalue weighted by Crippen LogP contribution is 2.47. The summed E-state index contributed by atoms with van der Waals surface area (Å²) >= 11 is 1.86. The maximum atomic E-state index is 7.11. The van der Waals surface area contributed by atoms with Gasteiger partial charge in [0.2, 0.25) is 0 Å². The molecule has 12 aromatic rings. The molecule has 0 saturated carbocycles. The average molecular weight is 747 g/mol. The van der Waals surface area contributed by atoms with Crippen LogP contribution in [-0.4, -0.2) is 19.5 Å². The van der Waals surface area contributed by atoms with E-state index in [2.05, 4.69) is 120 Å². The zero-order valence-corrected chi connectivity index (χ0v) is 31.2. The van der Waals surface area contributed by atoms with Gasteiger partial charge in [0.25, 0.3) is 0 Å². The first-order valence-corrected chi connectivity index (χ1v) is 19.8. The van der Waals surface area contributed by atoms with Crippen molar-refractivity contribution in [2.45, 2.75) is 0 Å². The van der Waals surface area contributed by atoms with Crippen LogP contribution in [0.4, 0.5) is 0 Å². The van der Waals surface area contributed by atoms with E-state index in [4.69, 9.17) is 19.4 Å². The standard InChI is InChI=1S/C51H30N4OS/c1-4-15-31(16-5-1)34-27-30-41(55-39-24-12-10-22-37(39)44-40(55)29-28-36-35-21-11-13-26-43(35)57-48(36)44)47-46(34)45-38(23-14-25-42(45)56-47)51-53-49(32-17-6-2-7-18-32)52-50(54-51)33-19-8-3-9-20-33/h1-30H. The minimum absolute atomic E-state index is 0.587. The fraction of sp³-hybridized carbons (Fsp3) is 0. The Morgan fingerprint density at radius 2 is 1.04 bits per heavy atom. The molecule has 0 aliphatic rings. The molecule has 0 aliphatic heterocycles. The summed E-state index contributed by atoms with van der Waals surface area (Å²) in [6, 6.07) is 63.5. The zero-order valence-electron chi connectivity index (χ0n) is 30.4. The second-order valence-electron chi connectivity index (χ2n) is 14.3. The highest BCUT2D eigenvalue weighted by atomic mass is 32.1. The summed E-state index contributed by atoms with van der Waals surface area (Å²) in [5.41, 5.74) is 9.73. The summed E-state index contributed by atoms with van der Waals surface area (Å²) in [7, 11) is 0. The molecule has 0 saturated heterocycles. The van der Waals surface area contributed by atoms with Crippen LogP contribution in [0.3, 0.4) is 0 Å². The van der Waals surface area contributed by atoms with E-state index in [1.165, 1.54) is 30.9 Å². The maximum Gasteiger partial charge on any atom is 0.164 e. The Bertz CT molecular complexity index is 3460. The van der Waals surface area contributed by atoms with E-state index in [1.54, 1.807) is 0 Å². The fourth-order valence-electron chi connectivity index (χ4n) is 8.55. The van der Waals surface area contributed by atoms with Crippen LogP contribution in [0.1, 0.15) is 0 Å². The number of nitrogens with zero attached hydrogens (tertiary/aromatic N) is 4. The van der Waals surface area contributed by atoms with Crippen LogP contribution >= 0.6 is 11.3 Å². The Hall–Kier alpha value is -7.41. The Morgan fingerprint density at radius 1 is 0.404 bits per heavy atom. The van der Waals surface area contributed by atoms with Gasteiger partial charge in [-0.1, -0.05) is 152 Å². The third-order valence-corrected chi connectivity index (χ3v) is 12.3. The molecular formula is C51H30N4OS. The van der Waals surface area contributed by atoms with Gasteiger partial charge in [-0.25, -0.2) is 15.0 Å². The molecule has 12 rings (SSSR count). The number of para-hydroxylation sites is 1. The SMILES string of the molecule is c1ccc(-c2nc(-c3ccccc3)nc(-c3cccc4oc5c(-n6c7ccccc7c7c8sc9ccccc9c8ccc76)ccc(-c6ccccc6)c5c34)n2)cc1. The molecule has 266 valence electrons. The predicted molar refractivity (Wildman–Crippen MR) is 236 cm³/mol. The van der Waals surface area contributed by atoms with Gasteiger partial charge in [-0.15, -0.1) is 11.3 Å². The smallest absolute Gasteiger partial charge is 0.164 e. The number of hydrogen-bond acceptors (Lipinski definition) is 5.